The molecule has 16 heteroatoms. The van der Waals surface area contributed by atoms with Gasteiger partial charge in [-0.15, -0.1) is 0 Å². The van der Waals surface area contributed by atoms with Gasteiger partial charge in [-0.1, -0.05) is 25.0 Å². The van der Waals surface area contributed by atoms with Gasteiger partial charge >= 0.3 is 30.0 Å². The van der Waals surface area contributed by atoms with Gasteiger partial charge in [0.1, 0.15) is 24.1 Å². The number of alkyl carbamates (subject to hydrolysis) is 1. The highest BCUT2D eigenvalue weighted by Gasteiger charge is 2.53. The molecule has 0 aliphatic carbocycles. The molecule has 1 aliphatic heterocycles. The topological polar surface area (TPSA) is 191 Å². The Hall–Kier alpha value is -4.47. The van der Waals surface area contributed by atoms with E-state index < -0.39 is 85.0 Å². The predicted octanol–water partition coefficient (Wildman–Crippen LogP) is 3.36. The summed E-state index contributed by atoms with van der Waals surface area (Å²) in [7, 11) is 0. The van der Waals surface area contributed by atoms with E-state index in [0.717, 1.165) is 47.0 Å². The maximum Gasteiger partial charge on any atom is 0.407 e. The maximum atomic E-state index is 15.0. The molecule has 6 unspecified atom stereocenters. The van der Waals surface area contributed by atoms with Crippen LogP contribution < -0.4 is 15.4 Å². The lowest BCUT2D eigenvalue weighted by Crippen LogP contribution is -2.63. The molecule has 1 saturated heterocycles. The molecule has 0 saturated carbocycles. The minimum Gasteiger partial charge on any atom is -0.463 e. The molecule has 1 aliphatic rings. The third-order valence-electron chi connectivity index (χ3n) is 6.67. The molecule has 2 rings (SSSR count). The third kappa shape index (κ3) is 15.1. The Morgan fingerprint density at radius 3 is 1.82 bits per heavy atom. The van der Waals surface area contributed by atoms with Crippen molar-refractivity contribution >= 4 is 35.9 Å². The van der Waals surface area contributed by atoms with Gasteiger partial charge in [0.05, 0.1) is 0 Å². The van der Waals surface area contributed by atoms with E-state index in [-0.39, 0.29) is 17.9 Å². The number of carbonyl (C=O) groups excluding carboxylic acids is 6. The van der Waals surface area contributed by atoms with Gasteiger partial charge in [0.25, 0.3) is 5.91 Å². The lowest BCUT2D eigenvalue weighted by molar-refractivity contribution is -0.288. The van der Waals surface area contributed by atoms with E-state index in [1.54, 1.807) is 20.8 Å². The lowest BCUT2D eigenvalue weighted by Gasteiger charge is -2.43. The largest absolute Gasteiger partial charge is 0.463 e. The van der Waals surface area contributed by atoms with E-state index in [4.69, 9.17) is 33.2 Å². The highest BCUT2D eigenvalue weighted by Crippen LogP contribution is 2.31. The Labute approximate surface area is 284 Å². The summed E-state index contributed by atoms with van der Waals surface area (Å²) in [5.74, 6) is -3.76. The molecule has 49 heavy (non-hydrogen) atoms. The number of amides is 2. The molecule has 0 aromatic heterocycles. The van der Waals surface area contributed by atoms with Gasteiger partial charge in [0, 0.05) is 40.8 Å². The summed E-state index contributed by atoms with van der Waals surface area (Å²) in [6.45, 7) is 10.1. The Bertz CT molecular complexity index is 1280. The normalized spacial score (nSPS) is 20.9. The Balaban J connectivity index is 2.00. The van der Waals surface area contributed by atoms with Gasteiger partial charge in [0.15, 0.2) is 12.2 Å². The lowest BCUT2D eigenvalue weighted by atomic mass is 9.98. The molecular weight excluding hydrogens is 651 g/mol. The molecule has 1 fully saturated rings. The molecule has 1 heterocycles. The zero-order valence-corrected chi connectivity index (χ0v) is 28.9. The fourth-order valence-electron chi connectivity index (χ4n) is 4.69. The fourth-order valence-corrected chi connectivity index (χ4v) is 4.69. The van der Waals surface area contributed by atoms with Crippen LogP contribution in [0.2, 0.25) is 0 Å². The van der Waals surface area contributed by atoms with E-state index in [1.807, 2.05) is 0 Å². The SMILES string of the molecule is CC(=O)OCC1OC(Oc2ccc(C(F)C(=O)NCCCCCCNC(=O)OC(C)(C)C)cc2)C(OC(C)=O)C(OC(C)=O)C1OC(C)=O. The van der Waals surface area contributed by atoms with Crippen LogP contribution in [0.1, 0.15) is 85.9 Å². The van der Waals surface area contributed by atoms with Crippen molar-refractivity contribution in [3.63, 3.8) is 0 Å². The summed E-state index contributed by atoms with van der Waals surface area (Å²) >= 11 is 0. The first-order chi connectivity index (χ1) is 23.0. The molecule has 1 aromatic carbocycles. The zero-order valence-electron chi connectivity index (χ0n) is 28.9. The highest BCUT2D eigenvalue weighted by molar-refractivity contribution is 5.82. The Kier molecular flexibility index (Phi) is 16.2. The number of carbonyl (C=O) groups is 6. The van der Waals surface area contributed by atoms with Gasteiger partial charge in [0.2, 0.25) is 18.6 Å². The molecule has 2 amide bonds. The molecule has 274 valence electrons. The standard InChI is InChI=1S/C33H47FN2O13/c1-19(37)43-18-25-27(44-20(2)38)28(45-21(3)39)29(46-22(4)40)31(48-25)47-24-14-12-23(13-15-24)26(34)30(41)35-16-10-8-9-11-17-36-32(42)49-33(5,6)7/h12-15,25-29,31H,8-11,16-18H2,1-7H3,(H,35,41)(H,36,42). The van der Waals surface area contributed by atoms with Crippen molar-refractivity contribution in [2.24, 2.45) is 0 Å². The first-order valence-electron chi connectivity index (χ1n) is 15.9. The van der Waals surface area contributed by atoms with Crippen LogP contribution in [0.25, 0.3) is 0 Å². The van der Waals surface area contributed by atoms with Crippen molar-refractivity contribution in [2.75, 3.05) is 19.7 Å². The van der Waals surface area contributed by atoms with Crippen molar-refractivity contribution < 1.29 is 66.3 Å². The van der Waals surface area contributed by atoms with Crippen LogP contribution in [0.3, 0.4) is 0 Å². The van der Waals surface area contributed by atoms with E-state index >= 15 is 0 Å². The Morgan fingerprint density at radius 2 is 1.29 bits per heavy atom. The summed E-state index contributed by atoms with van der Waals surface area (Å²) < 4.78 is 53.1. The zero-order chi connectivity index (χ0) is 36.7. The smallest absolute Gasteiger partial charge is 0.407 e. The molecule has 1 aromatic rings. The molecular formula is C33H47FN2O13. The van der Waals surface area contributed by atoms with Crippen molar-refractivity contribution in [1.29, 1.82) is 0 Å². The van der Waals surface area contributed by atoms with Crippen LogP contribution in [-0.4, -0.2) is 91.9 Å². The number of benzene rings is 1. The number of esters is 4. The third-order valence-corrected chi connectivity index (χ3v) is 6.67. The molecule has 0 spiro atoms. The van der Waals surface area contributed by atoms with Gasteiger partial charge in [-0.3, -0.25) is 24.0 Å². The number of alkyl halides is 1. The van der Waals surface area contributed by atoms with Crippen molar-refractivity contribution in [1.82, 2.24) is 10.6 Å². The van der Waals surface area contributed by atoms with Crippen LogP contribution in [0, 0.1) is 0 Å². The monoisotopic (exact) mass is 698 g/mol. The summed E-state index contributed by atoms with van der Waals surface area (Å²) in [6, 6.07) is 5.36. The number of hydrogen-bond donors (Lipinski definition) is 2. The minimum absolute atomic E-state index is 0.0413. The Morgan fingerprint density at radius 1 is 0.755 bits per heavy atom. The fraction of sp³-hybridized carbons (Fsp3) is 0.636. The number of rotatable bonds is 16. The van der Waals surface area contributed by atoms with Crippen LogP contribution in [-0.2, 0) is 52.4 Å². The summed E-state index contributed by atoms with van der Waals surface area (Å²) in [5, 5.41) is 5.24. The first-order valence-corrected chi connectivity index (χ1v) is 15.9. The van der Waals surface area contributed by atoms with Crippen molar-refractivity contribution in [2.45, 2.75) is 117 Å². The van der Waals surface area contributed by atoms with E-state index in [2.05, 4.69) is 10.6 Å². The molecule has 0 bridgehead atoms. The van der Waals surface area contributed by atoms with E-state index in [9.17, 15) is 33.2 Å². The second-order valence-electron chi connectivity index (χ2n) is 12.3. The highest BCUT2D eigenvalue weighted by atomic mass is 19.1. The van der Waals surface area contributed by atoms with Crippen LogP contribution in [0.4, 0.5) is 9.18 Å². The van der Waals surface area contributed by atoms with Crippen molar-refractivity contribution in [3.8, 4) is 5.75 Å². The average Bonchev–Trinajstić information content (AvgIpc) is 2.98. The predicted molar refractivity (Wildman–Crippen MR) is 169 cm³/mol. The van der Waals surface area contributed by atoms with Crippen molar-refractivity contribution in [3.05, 3.63) is 29.8 Å². The van der Waals surface area contributed by atoms with E-state index in [0.29, 0.717) is 13.0 Å². The number of nitrogens with one attached hydrogen (secondary N) is 2. The average molecular weight is 699 g/mol. The molecule has 15 nitrogen and oxygen atoms in total. The van der Waals surface area contributed by atoms with E-state index in [1.165, 1.54) is 24.3 Å². The summed E-state index contributed by atoms with van der Waals surface area (Å²) in [5.41, 5.74) is -0.527. The number of hydrogen-bond acceptors (Lipinski definition) is 13. The first kappa shape index (κ1) is 40.7. The second kappa shape index (κ2) is 19.5. The van der Waals surface area contributed by atoms with Gasteiger partial charge in [-0.05, 0) is 51.3 Å². The molecule has 0 radical (unpaired) electrons. The summed E-state index contributed by atoms with van der Waals surface area (Å²) in [6.07, 6.45) is -6.43. The van der Waals surface area contributed by atoms with Crippen LogP contribution >= 0.6 is 0 Å². The molecule has 2 N–H and O–H groups in total. The number of ether oxygens (including phenoxy) is 7. The maximum absolute atomic E-state index is 15.0. The van der Waals surface area contributed by atoms with Crippen LogP contribution in [0.5, 0.6) is 5.75 Å². The van der Waals surface area contributed by atoms with Gasteiger partial charge < -0.3 is 43.8 Å². The van der Waals surface area contributed by atoms with Crippen LogP contribution in [0.15, 0.2) is 24.3 Å². The van der Waals surface area contributed by atoms with Gasteiger partial charge in [-0.2, -0.15) is 0 Å². The number of halogens is 1. The second-order valence-corrected chi connectivity index (χ2v) is 12.3. The quantitative estimate of drug-likeness (QED) is 0.145. The van der Waals surface area contributed by atoms with Gasteiger partial charge in [-0.25, -0.2) is 9.18 Å². The molecule has 6 atom stereocenters. The summed E-state index contributed by atoms with van der Waals surface area (Å²) in [4.78, 5) is 71.5. The number of unbranched alkanes of at least 4 members (excludes halogenated alkanes) is 3. The minimum atomic E-state index is -1.97.